The maximum absolute atomic E-state index is 12.9. The third-order valence-electron chi connectivity index (χ3n) is 5.18. The van der Waals surface area contributed by atoms with Gasteiger partial charge in [0.2, 0.25) is 10.0 Å². The Balaban J connectivity index is 1.49. The van der Waals surface area contributed by atoms with Gasteiger partial charge in [-0.25, -0.2) is 13.1 Å². The van der Waals surface area contributed by atoms with Gasteiger partial charge in [0, 0.05) is 23.8 Å². The summed E-state index contributed by atoms with van der Waals surface area (Å²) in [4.78, 5) is 12.8. The van der Waals surface area contributed by atoms with Crippen molar-refractivity contribution in [2.24, 2.45) is 0 Å². The molecule has 0 bridgehead atoms. The largest absolute Gasteiger partial charge is 0.322 e. The zero-order valence-corrected chi connectivity index (χ0v) is 17.3. The molecule has 4 rings (SSSR count). The van der Waals surface area contributed by atoms with Crippen LogP contribution in [0.25, 0.3) is 5.69 Å². The SMILES string of the molecule is C[C@@H]1CCCCN1S(=O)(=O)c1ccc(NC(=O)c2cccc(-n3cnnn3)c2)cc1. The average Bonchev–Trinajstić information content (AvgIpc) is 3.29. The summed E-state index contributed by atoms with van der Waals surface area (Å²) in [6.07, 6.45) is 4.24. The lowest BCUT2D eigenvalue weighted by molar-refractivity contribution is 0.102. The van der Waals surface area contributed by atoms with E-state index in [4.69, 9.17) is 0 Å². The Morgan fingerprint density at radius 3 is 2.63 bits per heavy atom. The van der Waals surface area contributed by atoms with Crippen molar-refractivity contribution in [2.45, 2.75) is 37.1 Å². The van der Waals surface area contributed by atoms with Crippen LogP contribution < -0.4 is 5.32 Å². The molecule has 9 nitrogen and oxygen atoms in total. The third kappa shape index (κ3) is 4.10. The standard InChI is InChI=1S/C20H22N6O3S/c1-15-5-2-3-12-26(15)30(28,29)19-10-8-17(9-11-19)22-20(27)16-6-4-7-18(13-16)25-14-21-23-24-25/h4,6-11,13-15H,2-3,5,12H2,1H3,(H,22,27)/t15-/m1/s1. The van der Waals surface area contributed by atoms with E-state index in [0.717, 1.165) is 19.3 Å². The Hall–Kier alpha value is -3.11. The van der Waals surface area contributed by atoms with Crippen LogP contribution in [0.2, 0.25) is 0 Å². The van der Waals surface area contributed by atoms with E-state index in [1.807, 2.05) is 6.92 Å². The molecule has 156 valence electrons. The van der Waals surface area contributed by atoms with E-state index < -0.39 is 10.0 Å². The molecule has 0 radical (unpaired) electrons. The second-order valence-electron chi connectivity index (χ2n) is 7.24. The number of amides is 1. The molecule has 10 heteroatoms. The average molecular weight is 427 g/mol. The smallest absolute Gasteiger partial charge is 0.255 e. The minimum absolute atomic E-state index is 0.00408. The lowest BCUT2D eigenvalue weighted by atomic mass is 10.1. The summed E-state index contributed by atoms with van der Waals surface area (Å²) in [6, 6.07) is 13.1. The van der Waals surface area contributed by atoms with Crippen LogP contribution in [0, 0.1) is 0 Å². The molecule has 0 aliphatic carbocycles. The number of rotatable bonds is 5. The molecule has 0 spiro atoms. The second-order valence-corrected chi connectivity index (χ2v) is 9.13. The van der Waals surface area contributed by atoms with Crippen molar-refractivity contribution in [3.8, 4) is 5.69 Å². The number of aromatic nitrogens is 4. The number of anilines is 1. The predicted molar refractivity (Wildman–Crippen MR) is 111 cm³/mol. The zero-order chi connectivity index (χ0) is 21.1. The number of sulfonamides is 1. The fraction of sp³-hybridized carbons (Fsp3) is 0.300. The highest BCUT2D eigenvalue weighted by Gasteiger charge is 2.30. The summed E-state index contributed by atoms with van der Waals surface area (Å²) in [6.45, 7) is 2.48. The van der Waals surface area contributed by atoms with Gasteiger partial charge in [0.1, 0.15) is 6.33 Å². The summed E-state index contributed by atoms with van der Waals surface area (Å²) in [5, 5.41) is 13.8. The highest BCUT2D eigenvalue weighted by Crippen LogP contribution is 2.26. The molecule has 30 heavy (non-hydrogen) atoms. The molecule has 2 aromatic carbocycles. The van der Waals surface area contributed by atoms with Crippen molar-refractivity contribution in [2.75, 3.05) is 11.9 Å². The van der Waals surface area contributed by atoms with Gasteiger partial charge in [-0.15, -0.1) is 5.10 Å². The van der Waals surface area contributed by atoms with Crippen molar-refractivity contribution < 1.29 is 13.2 Å². The van der Waals surface area contributed by atoms with Crippen LogP contribution in [0.3, 0.4) is 0 Å². The number of carbonyl (C=O) groups is 1. The van der Waals surface area contributed by atoms with Crippen LogP contribution in [0.5, 0.6) is 0 Å². The summed E-state index contributed by atoms with van der Waals surface area (Å²) in [5.41, 5.74) is 1.60. The second kappa shape index (κ2) is 8.33. The van der Waals surface area contributed by atoms with Crippen LogP contribution in [-0.4, -0.2) is 51.4 Å². The maximum atomic E-state index is 12.9. The quantitative estimate of drug-likeness (QED) is 0.671. The molecule has 0 saturated carbocycles. The molecule has 3 aromatic rings. The molecule has 1 saturated heterocycles. The summed E-state index contributed by atoms with van der Waals surface area (Å²) < 4.78 is 28.9. The fourth-order valence-corrected chi connectivity index (χ4v) is 5.25. The predicted octanol–water partition coefficient (Wildman–Crippen LogP) is 2.48. The molecule has 2 heterocycles. The van der Waals surface area contributed by atoms with E-state index >= 15 is 0 Å². The van der Waals surface area contributed by atoms with E-state index in [9.17, 15) is 13.2 Å². The number of tetrazole rings is 1. The van der Waals surface area contributed by atoms with Crippen molar-refractivity contribution in [1.82, 2.24) is 24.5 Å². The van der Waals surface area contributed by atoms with Crippen LogP contribution in [0.4, 0.5) is 5.69 Å². The molecule has 1 aliphatic rings. The van der Waals surface area contributed by atoms with Crippen molar-refractivity contribution in [3.05, 3.63) is 60.4 Å². The number of hydrogen-bond donors (Lipinski definition) is 1. The van der Waals surface area contributed by atoms with E-state index in [0.29, 0.717) is 23.5 Å². The molecular weight excluding hydrogens is 404 g/mol. The maximum Gasteiger partial charge on any atom is 0.255 e. The van der Waals surface area contributed by atoms with Gasteiger partial charge in [-0.3, -0.25) is 4.79 Å². The van der Waals surface area contributed by atoms with Gasteiger partial charge in [0.15, 0.2) is 0 Å². The monoisotopic (exact) mass is 426 g/mol. The van der Waals surface area contributed by atoms with Gasteiger partial charge in [-0.2, -0.15) is 4.31 Å². The number of benzene rings is 2. The first kappa shape index (κ1) is 20.2. The van der Waals surface area contributed by atoms with Gasteiger partial charge in [0.25, 0.3) is 5.91 Å². The van der Waals surface area contributed by atoms with Gasteiger partial charge in [-0.05, 0) is 72.7 Å². The zero-order valence-electron chi connectivity index (χ0n) is 16.5. The minimum Gasteiger partial charge on any atom is -0.322 e. The van der Waals surface area contributed by atoms with Gasteiger partial charge >= 0.3 is 0 Å². The van der Waals surface area contributed by atoms with Crippen molar-refractivity contribution in [1.29, 1.82) is 0 Å². The Kier molecular flexibility index (Phi) is 5.60. The van der Waals surface area contributed by atoms with Crippen molar-refractivity contribution in [3.63, 3.8) is 0 Å². The normalized spacial score (nSPS) is 17.6. The number of piperidine rings is 1. The first-order valence-corrected chi connectivity index (χ1v) is 11.2. The Morgan fingerprint density at radius 1 is 1.13 bits per heavy atom. The fourth-order valence-electron chi connectivity index (χ4n) is 3.55. The molecule has 1 atom stereocenters. The van der Waals surface area contributed by atoms with Gasteiger partial charge in [-0.1, -0.05) is 12.5 Å². The highest BCUT2D eigenvalue weighted by molar-refractivity contribution is 7.89. The minimum atomic E-state index is -3.54. The molecule has 1 amide bonds. The Labute approximate surface area is 174 Å². The number of nitrogens with zero attached hydrogens (tertiary/aromatic N) is 5. The lowest BCUT2D eigenvalue weighted by Gasteiger charge is -2.32. The van der Waals surface area contributed by atoms with Crippen LogP contribution >= 0.6 is 0 Å². The highest BCUT2D eigenvalue weighted by atomic mass is 32.2. The van der Waals surface area contributed by atoms with Crippen LogP contribution in [0.15, 0.2) is 59.8 Å². The van der Waals surface area contributed by atoms with Gasteiger partial charge < -0.3 is 5.32 Å². The lowest BCUT2D eigenvalue weighted by Crippen LogP contribution is -2.41. The van der Waals surface area contributed by atoms with E-state index in [-0.39, 0.29) is 16.8 Å². The molecule has 1 fully saturated rings. The topological polar surface area (TPSA) is 110 Å². The molecule has 0 unspecified atom stereocenters. The van der Waals surface area contributed by atoms with Crippen LogP contribution in [0.1, 0.15) is 36.5 Å². The van der Waals surface area contributed by atoms with E-state index in [2.05, 4.69) is 20.8 Å². The molecule has 1 aliphatic heterocycles. The summed E-state index contributed by atoms with van der Waals surface area (Å²) in [5.74, 6) is -0.315. The molecule has 1 N–H and O–H groups in total. The third-order valence-corrected chi connectivity index (χ3v) is 7.21. The molecule has 1 aromatic heterocycles. The first-order valence-electron chi connectivity index (χ1n) is 9.72. The summed E-state index contributed by atoms with van der Waals surface area (Å²) in [7, 11) is -3.54. The Morgan fingerprint density at radius 2 is 1.93 bits per heavy atom. The van der Waals surface area contributed by atoms with E-state index in [1.54, 1.807) is 40.7 Å². The van der Waals surface area contributed by atoms with E-state index in [1.165, 1.54) is 23.1 Å². The Bertz CT molecular complexity index is 1130. The number of hydrogen-bond acceptors (Lipinski definition) is 6. The summed E-state index contributed by atoms with van der Waals surface area (Å²) >= 11 is 0. The van der Waals surface area contributed by atoms with Crippen LogP contribution in [-0.2, 0) is 10.0 Å². The first-order chi connectivity index (χ1) is 14.4. The number of carbonyl (C=O) groups excluding carboxylic acids is 1. The van der Waals surface area contributed by atoms with Gasteiger partial charge in [0.05, 0.1) is 10.6 Å². The number of nitrogens with one attached hydrogen (secondary N) is 1. The molecular formula is C20H22N6O3S. The van der Waals surface area contributed by atoms with Crippen molar-refractivity contribution >= 4 is 21.6 Å².